The number of aryl methyl sites for hydroxylation is 2. The van der Waals surface area contributed by atoms with Gasteiger partial charge in [-0.25, -0.2) is 12.8 Å². The van der Waals surface area contributed by atoms with Crippen molar-refractivity contribution in [3.05, 3.63) is 83.7 Å². The zero-order valence-corrected chi connectivity index (χ0v) is 18.2. The zero-order chi connectivity index (χ0) is 22.6. The lowest BCUT2D eigenvalue weighted by atomic mass is 10.1. The number of hydrogen-bond donors (Lipinski definition) is 2. The van der Waals surface area contributed by atoms with Crippen molar-refractivity contribution >= 4 is 27.3 Å². The van der Waals surface area contributed by atoms with Gasteiger partial charge in [0.15, 0.2) is 6.10 Å². The van der Waals surface area contributed by atoms with Crippen LogP contribution in [0.4, 0.5) is 15.8 Å². The summed E-state index contributed by atoms with van der Waals surface area (Å²) >= 11 is 0. The van der Waals surface area contributed by atoms with Crippen LogP contribution >= 0.6 is 0 Å². The van der Waals surface area contributed by atoms with Crippen molar-refractivity contribution in [3.8, 4) is 5.75 Å². The van der Waals surface area contributed by atoms with Crippen LogP contribution in [0.3, 0.4) is 0 Å². The Morgan fingerprint density at radius 2 is 1.68 bits per heavy atom. The van der Waals surface area contributed by atoms with E-state index in [1.54, 1.807) is 6.92 Å². The first kappa shape index (κ1) is 22.3. The van der Waals surface area contributed by atoms with Gasteiger partial charge in [0, 0.05) is 5.69 Å². The fraction of sp³-hybridized carbons (Fsp3) is 0.174. The number of anilines is 2. The highest BCUT2D eigenvalue weighted by molar-refractivity contribution is 7.92. The molecule has 8 heteroatoms. The van der Waals surface area contributed by atoms with E-state index in [0.717, 1.165) is 17.2 Å². The molecule has 0 saturated carbocycles. The van der Waals surface area contributed by atoms with Crippen LogP contribution in [-0.4, -0.2) is 20.4 Å². The third-order valence-electron chi connectivity index (χ3n) is 4.55. The number of nitrogens with one attached hydrogen (secondary N) is 2. The molecule has 0 radical (unpaired) electrons. The minimum absolute atomic E-state index is 0.0617. The highest BCUT2D eigenvalue weighted by atomic mass is 32.2. The van der Waals surface area contributed by atoms with Crippen molar-refractivity contribution in [1.29, 1.82) is 0 Å². The first-order valence-corrected chi connectivity index (χ1v) is 11.1. The van der Waals surface area contributed by atoms with E-state index >= 15 is 0 Å². The van der Waals surface area contributed by atoms with E-state index in [9.17, 15) is 17.6 Å². The van der Waals surface area contributed by atoms with Gasteiger partial charge >= 0.3 is 0 Å². The van der Waals surface area contributed by atoms with Crippen molar-refractivity contribution in [2.45, 2.75) is 31.8 Å². The third-order valence-corrected chi connectivity index (χ3v) is 5.94. The molecule has 0 saturated heterocycles. The predicted octanol–water partition coefficient (Wildman–Crippen LogP) is 4.65. The Morgan fingerprint density at radius 3 is 2.32 bits per heavy atom. The maximum Gasteiger partial charge on any atom is 0.265 e. The van der Waals surface area contributed by atoms with Crippen LogP contribution in [-0.2, 0) is 14.8 Å². The van der Waals surface area contributed by atoms with Crippen LogP contribution in [0.2, 0.25) is 0 Å². The monoisotopic (exact) mass is 442 g/mol. The number of benzene rings is 3. The van der Waals surface area contributed by atoms with E-state index in [-0.39, 0.29) is 16.5 Å². The van der Waals surface area contributed by atoms with Gasteiger partial charge in [0.2, 0.25) is 0 Å². The van der Waals surface area contributed by atoms with Crippen LogP contribution < -0.4 is 14.8 Å². The lowest BCUT2D eigenvalue weighted by Gasteiger charge is -2.17. The Hall–Kier alpha value is -3.39. The van der Waals surface area contributed by atoms with E-state index in [2.05, 4.69) is 10.0 Å². The largest absolute Gasteiger partial charge is 0.481 e. The van der Waals surface area contributed by atoms with E-state index in [4.69, 9.17) is 4.74 Å². The van der Waals surface area contributed by atoms with Gasteiger partial charge < -0.3 is 10.1 Å². The van der Waals surface area contributed by atoms with Gasteiger partial charge in [-0.15, -0.1) is 0 Å². The van der Waals surface area contributed by atoms with Crippen molar-refractivity contribution in [1.82, 2.24) is 0 Å². The molecule has 0 heterocycles. The summed E-state index contributed by atoms with van der Waals surface area (Å²) in [5.74, 6) is -0.429. The minimum atomic E-state index is -3.97. The molecule has 2 N–H and O–H groups in total. The summed E-state index contributed by atoms with van der Waals surface area (Å²) in [4.78, 5) is 12.4. The van der Waals surface area contributed by atoms with E-state index < -0.39 is 21.9 Å². The Bertz CT molecular complexity index is 1190. The van der Waals surface area contributed by atoms with Gasteiger partial charge in [0.1, 0.15) is 11.6 Å². The van der Waals surface area contributed by atoms with Crippen LogP contribution in [0.5, 0.6) is 5.75 Å². The van der Waals surface area contributed by atoms with E-state index in [0.29, 0.717) is 11.4 Å². The summed E-state index contributed by atoms with van der Waals surface area (Å²) < 4.78 is 46.6. The fourth-order valence-electron chi connectivity index (χ4n) is 2.88. The first-order chi connectivity index (χ1) is 14.7. The number of sulfonamides is 1. The molecule has 3 aromatic rings. The van der Waals surface area contributed by atoms with Crippen LogP contribution in [0.25, 0.3) is 0 Å². The summed E-state index contributed by atoms with van der Waals surface area (Å²) in [6.07, 6.45) is -0.757. The van der Waals surface area contributed by atoms with Crippen LogP contribution in [0, 0.1) is 19.7 Å². The van der Waals surface area contributed by atoms with Crippen molar-refractivity contribution < 1.29 is 22.3 Å². The highest BCUT2D eigenvalue weighted by Gasteiger charge is 2.18. The van der Waals surface area contributed by atoms with Crippen molar-refractivity contribution in [2.75, 3.05) is 10.0 Å². The molecule has 0 fully saturated rings. The lowest BCUT2D eigenvalue weighted by Crippen LogP contribution is -2.30. The molecule has 0 aliphatic carbocycles. The molecule has 162 valence electrons. The van der Waals surface area contributed by atoms with Gasteiger partial charge in [0.25, 0.3) is 15.9 Å². The first-order valence-electron chi connectivity index (χ1n) is 9.58. The number of carbonyl (C=O) groups is 1. The molecule has 1 unspecified atom stereocenters. The Balaban J connectivity index is 1.65. The van der Waals surface area contributed by atoms with Gasteiger partial charge in [-0.05, 0) is 68.8 Å². The molecule has 1 atom stereocenters. The second-order valence-electron chi connectivity index (χ2n) is 7.13. The molecule has 31 heavy (non-hydrogen) atoms. The number of carbonyl (C=O) groups excluding carboxylic acids is 1. The number of hydrogen-bond acceptors (Lipinski definition) is 4. The molecule has 0 aliphatic rings. The number of halogens is 1. The summed E-state index contributed by atoms with van der Waals surface area (Å²) in [6.45, 7) is 5.51. The Morgan fingerprint density at radius 1 is 1.00 bits per heavy atom. The molecule has 0 aromatic heterocycles. The van der Waals surface area contributed by atoms with E-state index in [1.807, 2.05) is 32.0 Å². The van der Waals surface area contributed by atoms with Gasteiger partial charge in [-0.2, -0.15) is 0 Å². The predicted molar refractivity (Wildman–Crippen MR) is 118 cm³/mol. The SMILES string of the molecule is Cc1ccc(OC(C)C(=O)Nc2ccc(S(=O)(=O)Nc3ccccc3F)cc2)c(C)c1. The zero-order valence-electron chi connectivity index (χ0n) is 17.3. The summed E-state index contributed by atoms with van der Waals surface area (Å²) in [5, 5.41) is 2.69. The average Bonchev–Trinajstić information content (AvgIpc) is 2.72. The smallest absolute Gasteiger partial charge is 0.265 e. The summed E-state index contributed by atoms with van der Waals surface area (Å²) in [6, 6.07) is 16.7. The fourth-order valence-corrected chi connectivity index (χ4v) is 3.95. The van der Waals surface area contributed by atoms with Crippen molar-refractivity contribution in [2.24, 2.45) is 0 Å². The molecule has 1 amide bonds. The molecule has 6 nitrogen and oxygen atoms in total. The number of amides is 1. The van der Waals surface area contributed by atoms with Gasteiger partial charge in [0.05, 0.1) is 10.6 Å². The Labute approximate surface area is 181 Å². The number of para-hydroxylation sites is 1. The topological polar surface area (TPSA) is 84.5 Å². The van der Waals surface area contributed by atoms with Crippen LogP contribution in [0.15, 0.2) is 71.6 Å². The molecule has 0 spiro atoms. The molecule has 3 aromatic carbocycles. The minimum Gasteiger partial charge on any atom is -0.481 e. The third kappa shape index (κ3) is 5.61. The lowest BCUT2D eigenvalue weighted by molar-refractivity contribution is -0.122. The van der Waals surface area contributed by atoms with Crippen LogP contribution in [0.1, 0.15) is 18.1 Å². The molecule has 3 rings (SSSR count). The Kier molecular flexibility index (Phi) is 6.60. The van der Waals surface area contributed by atoms with Crippen molar-refractivity contribution in [3.63, 3.8) is 0 Å². The van der Waals surface area contributed by atoms with Gasteiger partial charge in [-0.1, -0.05) is 29.8 Å². The average molecular weight is 443 g/mol. The quantitative estimate of drug-likeness (QED) is 0.558. The molecule has 0 aliphatic heterocycles. The summed E-state index contributed by atoms with van der Waals surface area (Å²) in [5.41, 5.74) is 2.29. The highest BCUT2D eigenvalue weighted by Crippen LogP contribution is 2.22. The second kappa shape index (κ2) is 9.18. The number of rotatable bonds is 7. The second-order valence-corrected chi connectivity index (χ2v) is 8.81. The standard InChI is InChI=1S/C23H23FN2O4S/c1-15-8-13-22(16(2)14-15)30-17(3)23(27)25-18-9-11-19(12-10-18)31(28,29)26-21-7-5-4-6-20(21)24/h4-14,17,26H,1-3H3,(H,25,27). The maximum atomic E-state index is 13.7. The summed E-state index contributed by atoms with van der Waals surface area (Å²) in [7, 11) is -3.97. The normalized spacial score (nSPS) is 12.1. The maximum absolute atomic E-state index is 13.7. The van der Waals surface area contributed by atoms with Gasteiger partial charge in [-0.3, -0.25) is 9.52 Å². The molecular formula is C23H23FN2O4S. The molecular weight excluding hydrogens is 419 g/mol. The van der Waals surface area contributed by atoms with E-state index in [1.165, 1.54) is 42.5 Å². The molecule has 0 bridgehead atoms. The number of ether oxygens (including phenoxy) is 1.